The number of likely N-dealkylation sites (tertiary alicyclic amines) is 1. The number of hydrogen-bond acceptors (Lipinski definition) is 5. The number of amides is 1. The Hall–Kier alpha value is -3.52. The molecule has 1 saturated heterocycles. The van der Waals surface area contributed by atoms with Gasteiger partial charge >= 0.3 is 11.9 Å². The first-order valence-corrected chi connectivity index (χ1v) is 9.43. The minimum Gasteiger partial charge on any atom is -0.473 e. The molecule has 0 aromatic heterocycles. The fourth-order valence-electron chi connectivity index (χ4n) is 3.05. The summed E-state index contributed by atoms with van der Waals surface area (Å²) in [5.41, 5.74) is 1.93. The third-order valence-electron chi connectivity index (χ3n) is 4.71. The van der Waals surface area contributed by atoms with E-state index in [1.807, 2.05) is 36.4 Å². The average Bonchev–Trinajstić information content (AvgIpc) is 2.75. The molecule has 1 fully saturated rings. The van der Waals surface area contributed by atoms with Gasteiger partial charge in [-0.05, 0) is 57.2 Å². The number of carbonyl (C=O) groups is 4. The van der Waals surface area contributed by atoms with E-state index in [4.69, 9.17) is 19.8 Å². The molecule has 2 aromatic carbocycles. The molecule has 0 atom stereocenters. The number of Topliss-reactive ketones (excluding diaryl/α,β-unsaturated/α-hetero) is 1. The summed E-state index contributed by atoms with van der Waals surface area (Å²) in [5.74, 6) is -3.55. The first kappa shape index (κ1) is 22.8. The van der Waals surface area contributed by atoms with Crippen LogP contribution in [0.2, 0.25) is 0 Å². The van der Waals surface area contributed by atoms with Crippen LogP contribution in [0.15, 0.2) is 54.6 Å². The standard InChI is InChI=1S/C20H22N2O2.C2H2O4/c1-22-12-10-15(11-13-22)19(23)17-8-5-9-18(14-17)21-20(24)16-6-3-2-4-7-16;3-1(4)2(5)6/h2-9,14-15H,10-13H2,1H3,(H,21,24);(H,3,4)(H,5,6). The summed E-state index contributed by atoms with van der Waals surface area (Å²) in [4.78, 5) is 45.4. The van der Waals surface area contributed by atoms with Gasteiger partial charge in [0.25, 0.3) is 5.91 Å². The topological polar surface area (TPSA) is 124 Å². The zero-order chi connectivity index (χ0) is 22.1. The van der Waals surface area contributed by atoms with Crippen LogP contribution in [-0.4, -0.2) is 58.9 Å². The first-order valence-electron chi connectivity index (χ1n) is 9.43. The lowest BCUT2D eigenvalue weighted by Crippen LogP contribution is -2.33. The van der Waals surface area contributed by atoms with Gasteiger partial charge in [0.15, 0.2) is 5.78 Å². The van der Waals surface area contributed by atoms with Crippen LogP contribution in [-0.2, 0) is 9.59 Å². The number of aliphatic carboxylic acids is 2. The van der Waals surface area contributed by atoms with E-state index in [1.165, 1.54) is 0 Å². The minimum atomic E-state index is -1.82. The van der Waals surface area contributed by atoms with Crippen molar-refractivity contribution >= 4 is 29.3 Å². The highest BCUT2D eigenvalue weighted by atomic mass is 16.4. The molecule has 3 N–H and O–H groups in total. The summed E-state index contributed by atoms with van der Waals surface area (Å²) < 4.78 is 0. The molecular formula is C22H24N2O6. The van der Waals surface area contributed by atoms with E-state index in [1.54, 1.807) is 18.2 Å². The molecule has 30 heavy (non-hydrogen) atoms. The second-order valence-corrected chi connectivity index (χ2v) is 6.95. The Kier molecular flexibility index (Phi) is 8.25. The van der Waals surface area contributed by atoms with Gasteiger partial charge in [0.2, 0.25) is 0 Å². The molecule has 0 spiro atoms. The predicted octanol–water partition coefficient (Wildman–Crippen LogP) is 2.62. The molecular weight excluding hydrogens is 388 g/mol. The summed E-state index contributed by atoms with van der Waals surface area (Å²) >= 11 is 0. The summed E-state index contributed by atoms with van der Waals surface area (Å²) in [5, 5.41) is 17.6. The lowest BCUT2D eigenvalue weighted by molar-refractivity contribution is -0.159. The summed E-state index contributed by atoms with van der Waals surface area (Å²) in [6.07, 6.45) is 1.80. The Labute approximate surface area is 174 Å². The summed E-state index contributed by atoms with van der Waals surface area (Å²) in [7, 11) is 2.08. The SMILES string of the molecule is CN1CCC(C(=O)c2cccc(NC(=O)c3ccccc3)c2)CC1.O=C(O)C(=O)O. The van der Waals surface area contributed by atoms with Crippen LogP contribution in [0.25, 0.3) is 0 Å². The summed E-state index contributed by atoms with van der Waals surface area (Å²) in [6, 6.07) is 16.3. The maximum atomic E-state index is 12.7. The Morgan fingerprint density at radius 2 is 1.43 bits per heavy atom. The second-order valence-electron chi connectivity index (χ2n) is 6.95. The number of ketones is 1. The number of hydrogen-bond donors (Lipinski definition) is 3. The molecule has 8 heteroatoms. The quantitative estimate of drug-likeness (QED) is 0.521. The number of benzene rings is 2. The van der Waals surface area contributed by atoms with Crippen LogP contribution in [0.3, 0.4) is 0 Å². The Morgan fingerprint density at radius 1 is 0.867 bits per heavy atom. The molecule has 2 aromatic rings. The van der Waals surface area contributed by atoms with Crippen molar-refractivity contribution in [2.45, 2.75) is 12.8 Å². The van der Waals surface area contributed by atoms with Crippen LogP contribution in [0, 0.1) is 5.92 Å². The molecule has 158 valence electrons. The normalized spacial score (nSPS) is 14.2. The van der Waals surface area contributed by atoms with E-state index in [-0.39, 0.29) is 17.6 Å². The van der Waals surface area contributed by atoms with Gasteiger partial charge < -0.3 is 20.4 Å². The highest BCUT2D eigenvalue weighted by molar-refractivity contribution is 6.27. The van der Waals surface area contributed by atoms with E-state index in [9.17, 15) is 9.59 Å². The van der Waals surface area contributed by atoms with Crippen LogP contribution < -0.4 is 5.32 Å². The van der Waals surface area contributed by atoms with Gasteiger partial charge in [-0.2, -0.15) is 0 Å². The second kappa shape index (κ2) is 10.9. The molecule has 1 aliphatic rings. The lowest BCUT2D eigenvalue weighted by atomic mass is 9.89. The molecule has 1 heterocycles. The maximum absolute atomic E-state index is 12.7. The van der Waals surface area contributed by atoms with Gasteiger partial charge in [0, 0.05) is 22.7 Å². The van der Waals surface area contributed by atoms with Crippen molar-refractivity contribution in [1.29, 1.82) is 0 Å². The van der Waals surface area contributed by atoms with E-state index < -0.39 is 11.9 Å². The molecule has 0 radical (unpaired) electrons. The zero-order valence-corrected chi connectivity index (χ0v) is 16.6. The van der Waals surface area contributed by atoms with E-state index in [0.29, 0.717) is 16.8 Å². The molecule has 1 amide bonds. The fraction of sp³-hybridized carbons (Fsp3) is 0.273. The number of nitrogens with zero attached hydrogens (tertiary/aromatic N) is 1. The third kappa shape index (κ3) is 6.82. The molecule has 0 aliphatic carbocycles. The maximum Gasteiger partial charge on any atom is 0.414 e. The number of nitrogens with one attached hydrogen (secondary N) is 1. The van der Waals surface area contributed by atoms with Crippen LogP contribution in [0.4, 0.5) is 5.69 Å². The van der Waals surface area contributed by atoms with Crippen molar-refractivity contribution in [3.8, 4) is 0 Å². The molecule has 1 aliphatic heterocycles. The largest absolute Gasteiger partial charge is 0.473 e. The molecule has 3 rings (SSSR count). The number of carboxylic acids is 2. The highest BCUT2D eigenvalue weighted by Crippen LogP contribution is 2.22. The van der Waals surface area contributed by atoms with E-state index >= 15 is 0 Å². The van der Waals surface area contributed by atoms with Gasteiger partial charge in [-0.25, -0.2) is 9.59 Å². The Morgan fingerprint density at radius 3 is 2.00 bits per heavy atom. The van der Waals surface area contributed by atoms with Crippen molar-refractivity contribution in [2.24, 2.45) is 5.92 Å². The van der Waals surface area contributed by atoms with E-state index in [0.717, 1.165) is 25.9 Å². The lowest BCUT2D eigenvalue weighted by Gasteiger charge is -2.28. The van der Waals surface area contributed by atoms with Gasteiger partial charge in [0.05, 0.1) is 0 Å². The number of carbonyl (C=O) groups excluding carboxylic acids is 2. The molecule has 0 saturated carbocycles. The van der Waals surface area contributed by atoms with Crippen molar-refractivity contribution in [1.82, 2.24) is 4.90 Å². The monoisotopic (exact) mass is 412 g/mol. The van der Waals surface area contributed by atoms with Crippen molar-refractivity contribution < 1.29 is 29.4 Å². The van der Waals surface area contributed by atoms with Crippen molar-refractivity contribution in [3.05, 3.63) is 65.7 Å². The number of anilines is 1. The predicted molar refractivity (Wildman–Crippen MR) is 111 cm³/mol. The number of carboxylic acid groups (broad SMARTS) is 2. The molecule has 0 bridgehead atoms. The van der Waals surface area contributed by atoms with E-state index in [2.05, 4.69) is 17.3 Å². The van der Waals surface area contributed by atoms with Crippen LogP contribution >= 0.6 is 0 Å². The molecule has 0 unspecified atom stereocenters. The summed E-state index contributed by atoms with van der Waals surface area (Å²) in [6.45, 7) is 1.92. The van der Waals surface area contributed by atoms with Crippen molar-refractivity contribution in [2.75, 3.05) is 25.5 Å². The van der Waals surface area contributed by atoms with Gasteiger partial charge in [-0.15, -0.1) is 0 Å². The number of rotatable bonds is 4. The average molecular weight is 412 g/mol. The zero-order valence-electron chi connectivity index (χ0n) is 16.6. The molecule has 8 nitrogen and oxygen atoms in total. The van der Waals surface area contributed by atoms with Gasteiger partial charge in [-0.3, -0.25) is 9.59 Å². The van der Waals surface area contributed by atoms with Crippen LogP contribution in [0.1, 0.15) is 33.6 Å². The highest BCUT2D eigenvalue weighted by Gasteiger charge is 2.24. The van der Waals surface area contributed by atoms with Gasteiger partial charge in [-0.1, -0.05) is 30.3 Å². The fourth-order valence-corrected chi connectivity index (χ4v) is 3.05. The van der Waals surface area contributed by atoms with Gasteiger partial charge in [0.1, 0.15) is 0 Å². The Balaban J connectivity index is 0.000000469. The first-order chi connectivity index (χ1) is 14.3. The minimum absolute atomic E-state index is 0.0845. The third-order valence-corrected chi connectivity index (χ3v) is 4.71. The smallest absolute Gasteiger partial charge is 0.414 e. The Bertz CT molecular complexity index is 893. The number of piperidine rings is 1. The van der Waals surface area contributed by atoms with Crippen LogP contribution in [0.5, 0.6) is 0 Å². The van der Waals surface area contributed by atoms with Crippen molar-refractivity contribution in [3.63, 3.8) is 0 Å².